The van der Waals surface area contributed by atoms with Gasteiger partial charge in [-0.2, -0.15) is 5.10 Å². The van der Waals surface area contributed by atoms with Gasteiger partial charge in [0.1, 0.15) is 11.6 Å². The average Bonchev–Trinajstić information content (AvgIpc) is 3.30. The maximum Gasteiger partial charge on any atom is 0.249 e. The van der Waals surface area contributed by atoms with Crippen molar-refractivity contribution in [3.05, 3.63) is 53.4 Å². The summed E-state index contributed by atoms with van der Waals surface area (Å²) in [6, 6.07) is 2.99. The first-order valence-corrected chi connectivity index (χ1v) is 9.89. The summed E-state index contributed by atoms with van der Waals surface area (Å²) in [6.45, 7) is 0.380. The van der Waals surface area contributed by atoms with Crippen molar-refractivity contribution in [2.24, 2.45) is 18.9 Å². The Morgan fingerprint density at radius 1 is 1.14 bits per heavy atom. The minimum absolute atomic E-state index is 0.0630. The van der Waals surface area contributed by atoms with Crippen LogP contribution in [0.2, 0.25) is 0 Å². The highest BCUT2D eigenvalue weighted by atomic mass is 19.1. The molecule has 1 atom stereocenters. The number of halogens is 2. The van der Waals surface area contributed by atoms with Crippen LogP contribution in [0.15, 0.2) is 30.6 Å². The molecule has 1 saturated carbocycles. The fourth-order valence-electron chi connectivity index (χ4n) is 4.46. The molecule has 0 N–H and O–H groups in total. The van der Waals surface area contributed by atoms with E-state index in [4.69, 9.17) is 4.84 Å². The van der Waals surface area contributed by atoms with Crippen LogP contribution in [0, 0.1) is 23.5 Å². The first kappa shape index (κ1) is 19.1. The number of benzene rings is 1. The van der Waals surface area contributed by atoms with Gasteiger partial charge in [0.2, 0.25) is 5.91 Å². The molecule has 0 bridgehead atoms. The van der Waals surface area contributed by atoms with Crippen LogP contribution >= 0.6 is 0 Å². The van der Waals surface area contributed by atoms with Gasteiger partial charge in [-0.15, -0.1) is 0 Å². The van der Waals surface area contributed by atoms with Crippen LogP contribution in [0.1, 0.15) is 49.3 Å². The van der Waals surface area contributed by atoms with Crippen molar-refractivity contribution >= 4 is 5.91 Å². The lowest BCUT2D eigenvalue weighted by atomic mass is 9.79. The maximum absolute atomic E-state index is 13.6. The number of hydroxylamine groups is 2. The molecule has 150 valence electrons. The predicted octanol–water partition coefficient (Wildman–Crippen LogP) is 3.95. The number of hydrogen-bond acceptors (Lipinski definition) is 3. The van der Waals surface area contributed by atoms with E-state index in [0.29, 0.717) is 24.5 Å². The average molecular weight is 389 g/mol. The molecule has 28 heavy (non-hydrogen) atoms. The summed E-state index contributed by atoms with van der Waals surface area (Å²) in [6.07, 6.45) is 9.07. The van der Waals surface area contributed by atoms with Crippen LogP contribution in [-0.4, -0.2) is 27.4 Å². The third kappa shape index (κ3) is 4.09. The standard InChI is InChI=1S/C21H25F2N3O2/c1-25-13-15(12-24-25)8-14-2-4-16(5-3-14)21(27)26-20(6-7-28-26)17-9-18(22)11-19(23)10-17/h9-14,16,20H,2-8H2,1H3/t14?,16?,20-/m0/s1. The minimum Gasteiger partial charge on any atom is -0.276 e. The van der Waals surface area contributed by atoms with Gasteiger partial charge in [0.15, 0.2) is 0 Å². The molecular weight excluding hydrogens is 364 g/mol. The summed E-state index contributed by atoms with van der Waals surface area (Å²) in [4.78, 5) is 18.6. The SMILES string of the molecule is Cn1cc(CC2CCC(C(=O)N3OCC[C@H]3c3cc(F)cc(F)c3)CC2)cn1. The lowest BCUT2D eigenvalue weighted by Crippen LogP contribution is -2.36. The number of rotatable bonds is 4. The summed E-state index contributed by atoms with van der Waals surface area (Å²) in [5, 5.41) is 5.57. The Kier molecular flexibility index (Phi) is 5.44. The Morgan fingerprint density at radius 3 is 2.50 bits per heavy atom. The van der Waals surface area contributed by atoms with Gasteiger partial charge in [0.25, 0.3) is 0 Å². The summed E-state index contributed by atoms with van der Waals surface area (Å²) in [5.41, 5.74) is 1.68. The molecular formula is C21H25F2N3O2. The number of carbonyl (C=O) groups is 1. The highest BCUT2D eigenvalue weighted by molar-refractivity contribution is 5.78. The summed E-state index contributed by atoms with van der Waals surface area (Å²) in [7, 11) is 1.91. The van der Waals surface area contributed by atoms with E-state index in [1.165, 1.54) is 22.8 Å². The van der Waals surface area contributed by atoms with Gasteiger partial charge in [-0.05, 0) is 61.3 Å². The highest BCUT2D eigenvalue weighted by Gasteiger charge is 2.37. The van der Waals surface area contributed by atoms with Crippen LogP contribution < -0.4 is 0 Å². The molecule has 1 saturated heterocycles. The Labute approximate surface area is 163 Å². The molecule has 0 unspecified atom stereocenters. The fourth-order valence-corrected chi connectivity index (χ4v) is 4.46. The number of aromatic nitrogens is 2. The number of nitrogens with zero attached hydrogens (tertiary/aromatic N) is 3. The minimum atomic E-state index is -0.634. The predicted molar refractivity (Wildman–Crippen MR) is 98.9 cm³/mol. The zero-order chi connectivity index (χ0) is 19.7. The van der Waals surface area contributed by atoms with Gasteiger partial charge in [0, 0.05) is 31.6 Å². The van der Waals surface area contributed by atoms with Crippen molar-refractivity contribution in [2.75, 3.05) is 6.61 Å². The smallest absolute Gasteiger partial charge is 0.249 e. The number of amides is 1. The highest BCUT2D eigenvalue weighted by Crippen LogP contribution is 2.37. The Balaban J connectivity index is 1.37. The molecule has 2 aromatic rings. The quantitative estimate of drug-likeness (QED) is 0.795. The van der Waals surface area contributed by atoms with Crippen molar-refractivity contribution in [3.8, 4) is 0 Å². The van der Waals surface area contributed by atoms with E-state index in [-0.39, 0.29) is 11.8 Å². The molecule has 2 aliphatic rings. The zero-order valence-electron chi connectivity index (χ0n) is 16.0. The molecule has 2 heterocycles. The molecule has 1 aliphatic heterocycles. The summed E-state index contributed by atoms with van der Waals surface area (Å²) < 4.78 is 29.0. The number of hydrogen-bond donors (Lipinski definition) is 0. The van der Waals surface area contributed by atoms with E-state index in [9.17, 15) is 13.6 Å². The van der Waals surface area contributed by atoms with Gasteiger partial charge in [-0.1, -0.05) is 0 Å². The molecule has 0 spiro atoms. The lowest BCUT2D eigenvalue weighted by molar-refractivity contribution is -0.183. The molecule has 5 nitrogen and oxygen atoms in total. The largest absolute Gasteiger partial charge is 0.276 e. The van der Waals surface area contributed by atoms with E-state index in [1.807, 2.05) is 24.1 Å². The summed E-state index contributed by atoms with van der Waals surface area (Å²) in [5.74, 6) is -0.868. The number of aryl methyl sites for hydroxylation is 1. The molecule has 0 radical (unpaired) electrons. The van der Waals surface area contributed by atoms with Crippen molar-refractivity contribution in [1.82, 2.24) is 14.8 Å². The Morgan fingerprint density at radius 2 is 1.86 bits per heavy atom. The van der Waals surface area contributed by atoms with Gasteiger partial charge in [0.05, 0.1) is 18.8 Å². The first-order chi connectivity index (χ1) is 13.5. The molecule has 1 amide bonds. The third-order valence-electron chi connectivity index (χ3n) is 5.87. The monoisotopic (exact) mass is 389 g/mol. The molecule has 7 heteroatoms. The Hall–Kier alpha value is -2.28. The molecule has 1 aromatic heterocycles. The zero-order valence-corrected chi connectivity index (χ0v) is 16.0. The normalized spacial score (nSPS) is 25.2. The second-order valence-electron chi connectivity index (χ2n) is 7.95. The van der Waals surface area contributed by atoms with Crippen LogP contribution in [0.4, 0.5) is 8.78 Å². The second kappa shape index (κ2) is 7.99. The maximum atomic E-state index is 13.6. The van der Waals surface area contributed by atoms with Gasteiger partial charge < -0.3 is 0 Å². The van der Waals surface area contributed by atoms with E-state index < -0.39 is 17.7 Å². The molecule has 4 rings (SSSR count). The van der Waals surface area contributed by atoms with Crippen molar-refractivity contribution in [1.29, 1.82) is 0 Å². The van der Waals surface area contributed by atoms with E-state index in [1.54, 1.807) is 0 Å². The van der Waals surface area contributed by atoms with E-state index >= 15 is 0 Å². The van der Waals surface area contributed by atoms with Gasteiger partial charge >= 0.3 is 0 Å². The summed E-state index contributed by atoms with van der Waals surface area (Å²) >= 11 is 0. The van der Waals surface area contributed by atoms with E-state index in [0.717, 1.165) is 38.2 Å². The van der Waals surface area contributed by atoms with Crippen molar-refractivity contribution in [2.45, 2.75) is 44.6 Å². The van der Waals surface area contributed by atoms with Crippen molar-refractivity contribution in [3.63, 3.8) is 0 Å². The molecule has 1 aliphatic carbocycles. The number of carbonyl (C=O) groups excluding carboxylic acids is 1. The topological polar surface area (TPSA) is 47.4 Å². The third-order valence-corrected chi connectivity index (χ3v) is 5.87. The van der Waals surface area contributed by atoms with Gasteiger partial charge in [-0.3, -0.25) is 14.3 Å². The van der Waals surface area contributed by atoms with Crippen molar-refractivity contribution < 1.29 is 18.4 Å². The van der Waals surface area contributed by atoms with Crippen LogP contribution in [0.5, 0.6) is 0 Å². The first-order valence-electron chi connectivity index (χ1n) is 9.89. The van der Waals surface area contributed by atoms with Crippen LogP contribution in [0.25, 0.3) is 0 Å². The fraction of sp³-hybridized carbons (Fsp3) is 0.524. The molecule has 1 aromatic carbocycles. The van der Waals surface area contributed by atoms with Gasteiger partial charge in [-0.25, -0.2) is 13.8 Å². The molecule has 2 fully saturated rings. The van der Waals surface area contributed by atoms with Crippen LogP contribution in [0.3, 0.4) is 0 Å². The second-order valence-corrected chi connectivity index (χ2v) is 7.95. The van der Waals surface area contributed by atoms with Crippen LogP contribution in [-0.2, 0) is 23.1 Å². The van der Waals surface area contributed by atoms with E-state index in [2.05, 4.69) is 5.10 Å². The lowest BCUT2D eigenvalue weighted by Gasteiger charge is -2.32. The Bertz CT molecular complexity index is 826.